The van der Waals surface area contributed by atoms with E-state index >= 15 is 0 Å². The van der Waals surface area contributed by atoms with Crippen LogP contribution in [0.4, 0.5) is 0 Å². The average molecular weight is 451 g/mol. The van der Waals surface area contributed by atoms with Gasteiger partial charge < -0.3 is 14.4 Å². The SMILES string of the molecule is COc1ccc(S(=O)(=O)N2CCC(C(=O)N3CCc4sccc4C3)CC2)cc1OC. The van der Waals surface area contributed by atoms with E-state index in [4.69, 9.17) is 9.47 Å². The Labute approximate surface area is 181 Å². The van der Waals surface area contributed by atoms with E-state index in [-0.39, 0.29) is 16.7 Å². The number of thiophene rings is 1. The molecule has 2 aliphatic rings. The first-order chi connectivity index (χ1) is 14.4. The summed E-state index contributed by atoms with van der Waals surface area (Å²) in [6.07, 6.45) is 1.99. The van der Waals surface area contributed by atoms with Gasteiger partial charge in [0.25, 0.3) is 0 Å². The average Bonchev–Trinajstić information content (AvgIpc) is 3.26. The third kappa shape index (κ3) is 3.93. The summed E-state index contributed by atoms with van der Waals surface area (Å²) in [5, 5.41) is 2.08. The third-order valence-corrected chi connectivity index (χ3v) is 8.83. The molecule has 1 fully saturated rings. The van der Waals surface area contributed by atoms with Gasteiger partial charge in [-0.25, -0.2) is 8.42 Å². The number of amides is 1. The molecule has 0 aliphatic carbocycles. The summed E-state index contributed by atoms with van der Waals surface area (Å²) >= 11 is 1.75. The van der Waals surface area contributed by atoms with Crippen molar-refractivity contribution in [2.45, 2.75) is 30.7 Å². The quantitative estimate of drug-likeness (QED) is 0.700. The van der Waals surface area contributed by atoms with Crippen LogP contribution in [0.1, 0.15) is 23.3 Å². The number of fused-ring (bicyclic) bond motifs is 1. The number of benzene rings is 1. The first-order valence-electron chi connectivity index (χ1n) is 10.00. The lowest BCUT2D eigenvalue weighted by Crippen LogP contribution is -2.45. The van der Waals surface area contributed by atoms with Crippen molar-refractivity contribution in [2.75, 3.05) is 33.9 Å². The molecule has 4 rings (SSSR count). The first kappa shape index (κ1) is 21.1. The van der Waals surface area contributed by atoms with Crippen LogP contribution in [0.5, 0.6) is 11.5 Å². The van der Waals surface area contributed by atoms with Gasteiger partial charge in [-0.2, -0.15) is 4.31 Å². The number of methoxy groups -OCH3 is 2. The molecule has 0 radical (unpaired) electrons. The predicted molar refractivity (Wildman–Crippen MR) is 114 cm³/mol. The smallest absolute Gasteiger partial charge is 0.243 e. The fraction of sp³-hybridized carbons (Fsp3) is 0.476. The zero-order chi connectivity index (χ0) is 21.3. The Kier molecular flexibility index (Phi) is 6.04. The molecule has 0 spiro atoms. The molecule has 1 aromatic carbocycles. The highest BCUT2D eigenvalue weighted by Crippen LogP contribution is 2.33. The van der Waals surface area contributed by atoms with Gasteiger partial charge in [-0.3, -0.25) is 4.79 Å². The van der Waals surface area contributed by atoms with Gasteiger partial charge in [0.2, 0.25) is 15.9 Å². The lowest BCUT2D eigenvalue weighted by Gasteiger charge is -2.35. The van der Waals surface area contributed by atoms with Gasteiger partial charge in [0.15, 0.2) is 11.5 Å². The van der Waals surface area contributed by atoms with Gasteiger partial charge in [-0.15, -0.1) is 11.3 Å². The Balaban J connectivity index is 1.41. The molecule has 0 N–H and O–H groups in total. The van der Waals surface area contributed by atoms with E-state index in [0.717, 1.165) is 13.0 Å². The van der Waals surface area contributed by atoms with Crippen molar-refractivity contribution < 1.29 is 22.7 Å². The number of rotatable bonds is 5. The minimum absolute atomic E-state index is 0.123. The Morgan fingerprint density at radius 1 is 1.07 bits per heavy atom. The molecule has 9 heteroatoms. The fourth-order valence-corrected chi connectivity index (χ4v) is 6.54. The summed E-state index contributed by atoms with van der Waals surface area (Å²) < 4.78 is 38.0. The van der Waals surface area contributed by atoms with Crippen molar-refractivity contribution in [1.29, 1.82) is 0 Å². The predicted octanol–water partition coefficient (Wildman–Crippen LogP) is 2.75. The van der Waals surface area contributed by atoms with Crippen molar-refractivity contribution in [3.63, 3.8) is 0 Å². The maximum absolute atomic E-state index is 13.1. The van der Waals surface area contributed by atoms with Crippen molar-refractivity contribution >= 4 is 27.3 Å². The zero-order valence-electron chi connectivity index (χ0n) is 17.2. The summed E-state index contributed by atoms with van der Waals surface area (Å²) in [5.74, 6) is 0.884. The van der Waals surface area contributed by atoms with Crippen LogP contribution < -0.4 is 9.47 Å². The molecule has 1 aromatic heterocycles. The molecule has 30 heavy (non-hydrogen) atoms. The highest BCUT2D eigenvalue weighted by Gasteiger charge is 2.35. The number of sulfonamides is 1. The normalized spacial score (nSPS) is 18.1. The molecule has 162 valence electrons. The molecular formula is C21H26N2O5S2. The molecule has 7 nitrogen and oxygen atoms in total. The molecule has 0 bridgehead atoms. The van der Waals surface area contributed by atoms with E-state index in [2.05, 4.69) is 11.4 Å². The minimum atomic E-state index is -3.65. The van der Waals surface area contributed by atoms with Crippen LogP contribution in [0.25, 0.3) is 0 Å². The highest BCUT2D eigenvalue weighted by atomic mass is 32.2. The van der Waals surface area contributed by atoms with Gasteiger partial charge in [0, 0.05) is 43.0 Å². The van der Waals surface area contributed by atoms with E-state index in [1.807, 2.05) is 4.90 Å². The van der Waals surface area contributed by atoms with Gasteiger partial charge in [0.1, 0.15) is 0 Å². The number of nitrogens with zero attached hydrogens (tertiary/aromatic N) is 2. The lowest BCUT2D eigenvalue weighted by atomic mass is 9.95. The van der Waals surface area contributed by atoms with Crippen molar-refractivity contribution in [2.24, 2.45) is 5.92 Å². The molecule has 0 saturated carbocycles. The van der Waals surface area contributed by atoms with Crippen molar-refractivity contribution in [3.05, 3.63) is 40.1 Å². The first-order valence-corrected chi connectivity index (χ1v) is 12.3. The van der Waals surface area contributed by atoms with E-state index in [1.165, 1.54) is 41.1 Å². The molecule has 3 heterocycles. The Bertz CT molecular complexity index is 1030. The summed E-state index contributed by atoms with van der Waals surface area (Å²) in [7, 11) is -0.665. The van der Waals surface area contributed by atoms with Crippen LogP contribution in [-0.4, -0.2) is 57.4 Å². The van der Waals surface area contributed by atoms with E-state index in [9.17, 15) is 13.2 Å². The molecule has 1 amide bonds. The van der Waals surface area contributed by atoms with Crippen molar-refractivity contribution in [1.82, 2.24) is 9.21 Å². The fourth-order valence-electron chi connectivity index (χ4n) is 4.16. The molecule has 0 unspecified atom stereocenters. The monoisotopic (exact) mass is 450 g/mol. The molecule has 2 aromatic rings. The molecule has 0 atom stereocenters. The third-order valence-electron chi connectivity index (χ3n) is 5.92. The zero-order valence-corrected chi connectivity index (χ0v) is 18.8. The van der Waals surface area contributed by atoms with E-state index in [1.54, 1.807) is 17.4 Å². The maximum atomic E-state index is 13.1. The Hall–Kier alpha value is -2.10. The van der Waals surface area contributed by atoms with Crippen molar-refractivity contribution in [3.8, 4) is 11.5 Å². The highest BCUT2D eigenvalue weighted by molar-refractivity contribution is 7.89. The maximum Gasteiger partial charge on any atom is 0.243 e. The number of carbonyl (C=O) groups is 1. The van der Waals surface area contributed by atoms with Crippen LogP contribution in [0.3, 0.4) is 0 Å². The Morgan fingerprint density at radius 3 is 2.50 bits per heavy atom. The number of hydrogen-bond acceptors (Lipinski definition) is 6. The van der Waals surface area contributed by atoms with Crippen LogP contribution >= 0.6 is 11.3 Å². The van der Waals surface area contributed by atoms with E-state index < -0.39 is 10.0 Å². The summed E-state index contributed by atoms with van der Waals surface area (Å²) in [4.78, 5) is 16.5. The van der Waals surface area contributed by atoms with Crippen LogP contribution in [0.15, 0.2) is 34.5 Å². The number of piperidine rings is 1. The summed E-state index contributed by atoms with van der Waals surface area (Å²) in [5.41, 5.74) is 1.24. The molecular weight excluding hydrogens is 424 g/mol. The summed E-state index contributed by atoms with van der Waals surface area (Å²) in [6, 6.07) is 6.70. The van der Waals surface area contributed by atoms with Gasteiger partial charge in [-0.05, 0) is 48.4 Å². The number of carbonyl (C=O) groups excluding carboxylic acids is 1. The number of ether oxygens (including phenoxy) is 2. The van der Waals surface area contributed by atoms with Crippen LogP contribution in [0.2, 0.25) is 0 Å². The van der Waals surface area contributed by atoms with E-state index in [0.29, 0.717) is 44.0 Å². The second kappa shape index (κ2) is 8.56. The second-order valence-corrected chi connectivity index (χ2v) is 10.5. The van der Waals surface area contributed by atoms with Crippen LogP contribution in [0, 0.1) is 5.92 Å². The van der Waals surface area contributed by atoms with Gasteiger partial charge >= 0.3 is 0 Å². The van der Waals surface area contributed by atoms with Gasteiger partial charge in [0.05, 0.1) is 19.1 Å². The number of hydrogen-bond donors (Lipinski definition) is 0. The standard InChI is InChI=1S/C21H26N2O5S2/c1-27-18-4-3-17(13-19(18)28-2)30(25,26)23-10-5-15(6-11-23)21(24)22-9-7-20-16(14-22)8-12-29-20/h3-4,8,12-13,15H,5-7,9-11,14H2,1-2H3. The Morgan fingerprint density at radius 2 is 1.80 bits per heavy atom. The van der Waals surface area contributed by atoms with Gasteiger partial charge in [-0.1, -0.05) is 0 Å². The molecule has 2 aliphatic heterocycles. The topological polar surface area (TPSA) is 76.2 Å². The molecule has 1 saturated heterocycles. The second-order valence-electron chi connectivity index (χ2n) is 7.57. The largest absolute Gasteiger partial charge is 0.493 e. The lowest BCUT2D eigenvalue weighted by molar-refractivity contribution is -0.137. The van der Waals surface area contributed by atoms with Crippen LogP contribution in [-0.2, 0) is 27.8 Å². The minimum Gasteiger partial charge on any atom is -0.493 e. The summed E-state index contributed by atoms with van der Waals surface area (Å²) in [6.45, 7) is 2.09.